The van der Waals surface area contributed by atoms with Crippen molar-refractivity contribution in [3.63, 3.8) is 0 Å². The SMILES string of the molecule is CC(C)CCNC(=O)Nc1c(-c2cccnc2)[nH]c2ccc(F)cc12. The summed E-state index contributed by atoms with van der Waals surface area (Å²) in [4.78, 5) is 19.6. The molecule has 0 bridgehead atoms. The van der Waals surface area contributed by atoms with Crippen molar-refractivity contribution < 1.29 is 9.18 Å². The smallest absolute Gasteiger partial charge is 0.319 e. The maximum atomic E-state index is 13.7. The van der Waals surface area contributed by atoms with Crippen LogP contribution in [0.5, 0.6) is 0 Å². The highest BCUT2D eigenvalue weighted by Crippen LogP contribution is 2.35. The lowest BCUT2D eigenvalue weighted by Crippen LogP contribution is -2.30. The third kappa shape index (κ3) is 3.96. The molecule has 6 heteroatoms. The van der Waals surface area contributed by atoms with Gasteiger partial charge in [0.05, 0.1) is 11.4 Å². The molecule has 0 unspecified atom stereocenters. The highest BCUT2D eigenvalue weighted by Gasteiger charge is 2.16. The highest BCUT2D eigenvalue weighted by atomic mass is 19.1. The molecule has 0 spiro atoms. The van der Waals surface area contributed by atoms with Crippen LogP contribution < -0.4 is 10.6 Å². The molecule has 25 heavy (non-hydrogen) atoms. The molecule has 2 amide bonds. The molecule has 5 nitrogen and oxygen atoms in total. The second-order valence-electron chi connectivity index (χ2n) is 6.37. The normalized spacial score (nSPS) is 11.0. The van der Waals surface area contributed by atoms with Crippen LogP contribution in [0.2, 0.25) is 0 Å². The maximum absolute atomic E-state index is 13.7. The Morgan fingerprint density at radius 2 is 2.16 bits per heavy atom. The van der Waals surface area contributed by atoms with Crippen molar-refractivity contribution in [1.29, 1.82) is 0 Å². The quantitative estimate of drug-likeness (QED) is 0.638. The van der Waals surface area contributed by atoms with Gasteiger partial charge in [-0.3, -0.25) is 4.98 Å². The number of H-pyrrole nitrogens is 1. The van der Waals surface area contributed by atoms with Gasteiger partial charge in [-0.15, -0.1) is 0 Å². The number of carbonyl (C=O) groups excluding carboxylic acids is 1. The number of rotatable bonds is 5. The van der Waals surface area contributed by atoms with Crippen molar-refractivity contribution >= 4 is 22.6 Å². The molecule has 0 saturated carbocycles. The zero-order valence-electron chi connectivity index (χ0n) is 14.3. The molecule has 0 atom stereocenters. The average Bonchev–Trinajstić information content (AvgIpc) is 2.93. The fourth-order valence-electron chi connectivity index (χ4n) is 2.65. The molecular formula is C19H21FN4O. The van der Waals surface area contributed by atoms with Gasteiger partial charge in [-0.05, 0) is 42.7 Å². The van der Waals surface area contributed by atoms with E-state index in [1.807, 2.05) is 12.1 Å². The van der Waals surface area contributed by atoms with Crippen LogP contribution in [0.4, 0.5) is 14.9 Å². The Hall–Kier alpha value is -2.89. The molecule has 0 aliphatic carbocycles. The largest absolute Gasteiger partial charge is 0.353 e. The van der Waals surface area contributed by atoms with Gasteiger partial charge in [0.25, 0.3) is 0 Å². The lowest BCUT2D eigenvalue weighted by Gasteiger charge is -2.10. The standard InChI is InChI=1S/C19H21FN4O/c1-12(2)7-9-22-19(25)24-18-15-10-14(20)5-6-16(15)23-17(18)13-4-3-8-21-11-13/h3-6,8,10-12,23H,7,9H2,1-2H3,(H2,22,24,25). The second kappa shape index (κ2) is 7.34. The van der Waals surface area contributed by atoms with Crippen LogP contribution in [-0.2, 0) is 0 Å². The molecule has 130 valence electrons. The number of nitrogens with zero attached hydrogens (tertiary/aromatic N) is 1. The van der Waals surface area contributed by atoms with E-state index in [0.717, 1.165) is 17.5 Å². The summed E-state index contributed by atoms with van der Waals surface area (Å²) in [5, 5.41) is 6.32. The minimum Gasteiger partial charge on any atom is -0.353 e. The molecule has 0 aliphatic heterocycles. The first-order valence-corrected chi connectivity index (χ1v) is 8.31. The average molecular weight is 340 g/mol. The Bertz CT molecular complexity index is 874. The first kappa shape index (κ1) is 17.0. The number of urea groups is 1. The summed E-state index contributed by atoms with van der Waals surface area (Å²) in [5.41, 5.74) is 2.81. The minimum absolute atomic E-state index is 0.309. The second-order valence-corrected chi connectivity index (χ2v) is 6.37. The monoisotopic (exact) mass is 340 g/mol. The van der Waals surface area contributed by atoms with E-state index < -0.39 is 0 Å². The van der Waals surface area contributed by atoms with E-state index in [2.05, 4.69) is 34.4 Å². The number of aromatic amines is 1. The van der Waals surface area contributed by atoms with E-state index in [4.69, 9.17) is 0 Å². The number of hydrogen-bond donors (Lipinski definition) is 3. The van der Waals surface area contributed by atoms with Crippen molar-refractivity contribution in [2.75, 3.05) is 11.9 Å². The van der Waals surface area contributed by atoms with Crippen molar-refractivity contribution in [3.05, 3.63) is 48.5 Å². The summed E-state index contributed by atoms with van der Waals surface area (Å²) >= 11 is 0. The number of aromatic nitrogens is 2. The Morgan fingerprint density at radius 1 is 1.32 bits per heavy atom. The molecule has 0 fully saturated rings. The number of hydrogen-bond acceptors (Lipinski definition) is 2. The minimum atomic E-state index is -0.354. The van der Waals surface area contributed by atoms with Gasteiger partial charge in [-0.2, -0.15) is 0 Å². The molecule has 2 heterocycles. The molecule has 0 aliphatic rings. The van der Waals surface area contributed by atoms with Gasteiger partial charge in [0.15, 0.2) is 0 Å². The molecule has 2 aromatic heterocycles. The van der Waals surface area contributed by atoms with Crippen LogP contribution in [0.25, 0.3) is 22.2 Å². The van der Waals surface area contributed by atoms with Gasteiger partial charge in [0.2, 0.25) is 0 Å². The lowest BCUT2D eigenvalue weighted by atomic mass is 10.1. The number of nitrogens with one attached hydrogen (secondary N) is 3. The summed E-state index contributed by atoms with van der Waals surface area (Å²) < 4.78 is 13.7. The fourth-order valence-corrected chi connectivity index (χ4v) is 2.65. The molecule has 0 radical (unpaired) electrons. The maximum Gasteiger partial charge on any atom is 0.319 e. The van der Waals surface area contributed by atoms with E-state index >= 15 is 0 Å². The van der Waals surface area contributed by atoms with E-state index in [-0.39, 0.29) is 11.8 Å². The Labute approximate surface area is 145 Å². The first-order valence-electron chi connectivity index (χ1n) is 8.31. The fraction of sp³-hybridized carbons (Fsp3) is 0.263. The molecular weight excluding hydrogens is 319 g/mol. The van der Waals surface area contributed by atoms with Gasteiger partial charge in [0.1, 0.15) is 5.82 Å². The van der Waals surface area contributed by atoms with Gasteiger partial charge in [0, 0.05) is 35.4 Å². The van der Waals surface area contributed by atoms with Crippen LogP contribution in [0.1, 0.15) is 20.3 Å². The van der Waals surface area contributed by atoms with Crippen molar-refractivity contribution in [2.45, 2.75) is 20.3 Å². The van der Waals surface area contributed by atoms with E-state index in [1.54, 1.807) is 18.5 Å². The number of pyridine rings is 1. The predicted octanol–water partition coefficient (Wildman–Crippen LogP) is 4.54. The Kier molecular flexibility index (Phi) is 4.97. The Balaban J connectivity index is 1.94. The van der Waals surface area contributed by atoms with E-state index in [9.17, 15) is 9.18 Å². The highest BCUT2D eigenvalue weighted by molar-refractivity contribution is 6.07. The lowest BCUT2D eigenvalue weighted by molar-refractivity contribution is 0.251. The van der Waals surface area contributed by atoms with Gasteiger partial charge < -0.3 is 15.6 Å². The predicted molar refractivity (Wildman–Crippen MR) is 98.0 cm³/mol. The third-order valence-corrected chi connectivity index (χ3v) is 3.96. The summed E-state index contributed by atoms with van der Waals surface area (Å²) in [5.74, 6) is 0.154. The summed E-state index contributed by atoms with van der Waals surface area (Å²) in [7, 11) is 0. The molecule has 3 rings (SSSR count). The van der Waals surface area contributed by atoms with Crippen molar-refractivity contribution in [1.82, 2.24) is 15.3 Å². The zero-order valence-corrected chi connectivity index (χ0v) is 14.3. The molecule has 3 N–H and O–H groups in total. The van der Waals surface area contributed by atoms with Gasteiger partial charge in [-0.25, -0.2) is 9.18 Å². The molecule has 3 aromatic rings. The number of halogens is 1. The number of benzene rings is 1. The third-order valence-electron chi connectivity index (χ3n) is 3.96. The number of carbonyl (C=O) groups is 1. The van der Waals surface area contributed by atoms with E-state index in [0.29, 0.717) is 29.2 Å². The topological polar surface area (TPSA) is 69.8 Å². The number of fused-ring (bicyclic) bond motifs is 1. The molecule has 1 aromatic carbocycles. The van der Waals surface area contributed by atoms with Crippen LogP contribution in [0.3, 0.4) is 0 Å². The van der Waals surface area contributed by atoms with Gasteiger partial charge >= 0.3 is 6.03 Å². The summed E-state index contributed by atoms with van der Waals surface area (Å²) in [6.07, 6.45) is 4.27. The van der Waals surface area contributed by atoms with Gasteiger partial charge in [-0.1, -0.05) is 13.8 Å². The number of anilines is 1. The van der Waals surface area contributed by atoms with Crippen molar-refractivity contribution in [3.8, 4) is 11.3 Å². The van der Waals surface area contributed by atoms with E-state index in [1.165, 1.54) is 12.1 Å². The molecule has 0 saturated heterocycles. The van der Waals surface area contributed by atoms with Crippen molar-refractivity contribution in [2.24, 2.45) is 5.92 Å². The van der Waals surface area contributed by atoms with Crippen LogP contribution >= 0.6 is 0 Å². The zero-order chi connectivity index (χ0) is 17.8. The summed E-state index contributed by atoms with van der Waals surface area (Å²) in [6.45, 7) is 4.79. The van der Waals surface area contributed by atoms with Crippen LogP contribution in [0.15, 0.2) is 42.7 Å². The first-order chi connectivity index (χ1) is 12.0. The van der Waals surface area contributed by atoms with Crippen LogP contribution in [0, 0.1) is 11.7 Å². The Morgan fingerprint density at radius 3 is 2.88 bits per heavy atom. The van der Waals surface area contributed by atoms with Crippen LogP contribution in [-0.4, -0.2) is 22.5 Å². The number of amides is 2. The summed E-state index contributed by atoms with van der Waals surface area (Å²) in [6, 6.07) is 7.85.